The van der Waals surface area contributed by atoms with Crippen molar-refractivity contribution < 1.29 is 18.3 Å². The van der Waals surface area contributed by atoms with Crippen LogP contribution in [0.2, 0.25) is 0 Å². The number of hydrogen-bond donors (Lipinski definition) is 2. The number of aliphatic hydroxyl groups is 1. The Bertz CT molecular complexity index is 655. The van der Waals surface area contributed by atoms with Crippen molar-refractivity contribution in [2.24, 2.45) is 0 Å². The molecule has 5 nitrogen and oxygen atoms in total. The van der Waals surface area contributed by atoms with E-state index in [0.29, 0.717) is 11.1 Å². The van der Waals surface area contributed by atoms with Gasteiger partial charge in [-0.1, -0.05) is 23.2 Å². The Morgan fingerprint density at radius 1 is 1.45 bits per heavy atom. The molecule has 0 spiro atoms. The molecule has 0 heterocycles. The summed E-state index contributed by atoms with van der Waals surface area (Å²) in [6, 6.07) is 4.10. The molecule has 1 aromatic carbocycles. The summed E-state index contributed by atoms with van der Waals surface area (Å²) in [7, 11) is -3.74. The number of alkyl halides is 2. The van der Waals surface area contributed by atoms with Gasteiger partial charge in [0.2, 0.25) is 10.0 Å². The molecule has 110 valence electrons. The molecule has 0 saturated heterocycles. The number of sulfonamides is 1. The number of rotatable bonds is 4. The molecule has 1 aromatic rings. The summed E-state index contributed by atoms with van der Waals surface area (Å²) in [6.07, 6.45) is -0.719. The first-order valence-electron chi connectivity index (χ1n) is 5.87. The maximum absolute atomic E-state index is 12.0. The van der Waals surface area contributed by atoms with E-state index in [1.807, 2.05) is 0 Å². The van der Waals surface area contributed by atoms with E-state index in [1.54, 1.807) is 0 Å². The van der Waals surface area contributed by atoms with Crippen molar-refractivity contribution in [1.82, 2.24) is 4.72 Å². The van der Waals surface area contributed by atoms with Gasteiger partial charge in [-0.15, -0.1) is 0 Å². The maximum atomic E-state index is 12.0. The molecule has 20 heavy (non-hydrogen) atoms. The molecule has 0 aromatic heterocycles. The number of carbonyl (C=O) groups is 1. The quantitative estimate of drug-likeness (QED) is 0.810. The van der Waals surface area contributed by atoms with E-state index in [0.717, 1.165) is 0 Å². The number of fused-ring (bicyclic) bond motifs is 1. The fourth-order valence-corrected chi connectivity index (χ4v) is 3.60. The highest BCUT2D eigenvalue weighted by atomic mass is 35.5. The van der Waals surface area contributed by atoms with Crippen LogP contribution in [0.3, 0.4) is 0 Å². The molecule has 1 aliphatic carbocycles. The first-order chi connectivity index (χ1) is 9.13. The monoisotopic (exact) mass is 337 g/mol. The summed E-state index contributed by atoms with van der Waals surface area (Å²) < 4.78 is 24.8. The van der Waals surface area contributed by atoms with Crippen LogP contribution < -0.4 is 4.72 Å². The van der Waals surface area contributed by atoms with Crippen molar-refractivity contribution in [3.8, 4) is 0 Å². The van der Waals surface area contributed by atoms with Gasteiger partial charge in [0.05, 0.1) is 11.0 Å². The van der Waals surface area contributed by atoms with Crippen LogP contribution in [0.4, 0.5) is 0 Å². The SMILES string of the molecule is C[C@@H](O)CNS(=O)(=O)c1ccc2c(c1)CC(Cl)(Cl)C2=O. The molecule has 1 atom stereocenters. The Kier molecular flexibility index (Phi) is 4.15. The van der Waals surface area contributed by atoms with Crippen LogP contribution in [0.15, 0.2) is 23.1 Å². The van der Waals surface area contributed by atoms with Gasteiger partial charge in [-0.2, -0.15) is 0 Å². The van der Waals surface area contributed by atoms with Crippen LogP contribution in [0, 0.1) is 0 Å². The topological polar surface area (TPSA) is 83.5 Å². The lowest BCUT2D eigenvalue weighted by atomic mass is 10.1. The molecule has 1 aliphatic rings. The minimum Gasteiger partial charge on any atom is -0.392 e. The molecule has 0 bridgehead atoms. The number of hydrogen-bond acceptors (Lipinski definition) is 4. The Hall–Kier alpha value is -0.660. The van der Waals surface area contributed by atoms with Gasteiger partial charge < -0.3 is 5.11 Å². The highest BCUT2D eigenvalue weighted by Crippen LogP contribution is 2.39. The number of aliphatic hydroxyl groups excluding tert-OH is 1. The summed E-state index contributed by atoms with van der Waals surface area (Å²) in [5, 5.41) is 9.11. The standard InChI is InChI=1S/C12H13Cl2NO4S/c1-7(16)6-15-20(18,19)9-2-3-10-8(4-9)5-12(13,14)11(10)17/h2-4,7,15-16H,5-6H2,1H3/t7-/m1/s1. The van der Waals surface area contributed by atoms with Crippen molar-refractivity contribution in [2.75, 3.05) is 6.54 Å². The second-order valence-corrected chi connectivity index (χ2v) is 7.98. The van der Waals surface area contributed by atoms with Crippen LogP contribution in [0.5, 0.6) is 0 Å². The molecular formula is C12H13Cl2NO4S. The summed E-state index contributed by atoms with van der Waals surface area (Å²) in [5.41, 5.74) is 0.837. The van der Waals surface area contributed by atoms with Crippen LogP contribution in [-0.2, 0) is 16.4 Å². The minimum atomic E-state index is -3.74. The molecule has 8 heteroatoms. The number of Topliss-reactive ketones (excluding diaryl/α,β-unsaturated/α-hetero) is 1. The Labute approximate surface area is 126 Å². The molecule has 0 unspecified atom stereocenters. The van der Waals surface area contributed by atoms with Crippen LogP contribution in [-0.4, -0.2) is 36.3 Å². The second-order valence-electron chi connectivity index (χ2n) is 4.73. The van der Waals surface area contributed by atoms with Gasteiger partial charge in [0.25, 0.3) is 0 Å². The van der Waals surface area contributed by atoms with Gasteiger partial charge in [-0.3, -0.25) is 4.79 Å². The zero-order valence-corrected chi connectivity index (χ0v) is 12.9. The predicted molar refractivity (Wildman–Crippen MR) is 75.8 cm³/mol. The molecule has 0 saturated carbocycles. The van der Waals surface area contributed by atoms with Gasteiger partial charge in [0.1, 0.15) is 0 Å². The first kappa shape index (κ1) is 15.7. The van der Waals surface area contributed by atoms with Gasteiger partial charge in [-0.05, 0) is 30.7 Å². The number of carbonyl (C=O) groups excluding carboxylic acids is 1. The predicted octanol–water partition coefficient (Wildman–Crippen LogP) is 1.26. The summed E-state index contributed by atoms with van der Waals surface area (Å²) in [5.74, 6) is -0.420. The van der Waals surface area contributed by atoms with Crippen molar-refractivity contribution in [1.29, 1.82) is 0 Å². The smallest absolute Gasteiger partial charge is 0.240 e. The van der Waals surface area contributed by atoms with E-state index >= 15 is 0 Å². The highest BCUT2D eigenvalue weighted by Gasteiger charge is 2.42. The lowest BCUT2D eigenvalue weighted by molar-refractivity contribution is 0.0985. The maximum Gasteiger partial charge on any atom is 0.240 e. The van der Waals surface area contributed by atoms with Gasteiger partial charge in [0.15, 0.2) is 10.1 Å². The fraction of sp³-hybridized carbons (Fsp3) is 0.417. The van der Waals surface area contributed by atoms with E-state index in [4.69, 9.17) is 28.3 Å². The Balaban J connectivity index is 2.33. The van der Waals surface area contributed by atoms with E-state index in [9.17, 15) is 13.2 Å². The molecular weight excluding hydrogens is 325 g/mol. The third kappa shape index (κ3) is 2.99. The number of halogens is 2. The van der Waals surface area contributed by atoms with Crippen LogP contribution in [0.25, 0.3) is 0 Å². The van der Waals surface area contributed by atoms with E-state index in [1.165, 1.54) is 25.1 Å². The van der Waals surface area contributed by atoms with Gasteiger partial charge >= 0.3 is 0 Å². The van der Waals surface area contributed by atoms with Crippen molar-refractivity contribution in [2.45, 2.75) is 28.7 Å². The zero-order chi connectivity index (χ0) is 15.1. The molecule has 0 radical (unpaired) electrons. The van der Waals surface area contributed by atoms with Crippen molar-refractivity contribution in [3.05, 3.63) is 29.3 Å². The lowest BCUT2D eigenvalue weighted by Crippen LogP contribution is -2.30. The Morgan fingerprint density at radius 2 is 2.10 bits per heavy atom. The van der Waals surface area contributed by atoms with Crippen LogP contribution in [0.1, 0.15) is 22.8 Å². The van der Waals surface area contributed by atoms with Gasteiger partial charge in [0, 0.05) is 18.5 Å². The second kappa shape index (κ2) is 5.27. The van der Waals surface area contributed by atoms with Crippen molar-refractivity contribution >= 4 is 39.0 Å². The number of ketones is 1. The molecule has 2 rings (SSSR count). The third-order valence-electron chi connectivity index (χ3n) is 2.95. The first-order valence-corrected chi connectivity index (χ1v) is 8.11. The largest absolute Gasteiger partial charge is 0.392 e. The molecule has 0 amide bonds. The lowest BCUT2D eigenvalue weighted by Gasteiger charge is -2.09. The number of nitrogens with one attached hydrogen (secondary N) is 1. The van der Waals surface area contributed by atoms with Crippen LogP contribution >= 0.6 is 23.2 Å². The summed E-state index contributed by atoms with van der Waals surface area (Å²) >= 11 is 11.7. The molecule has 0 fully saturated rings. The van der Waals surface area contributed by atoms with E-state index in [2.05, 4.69) is 4.72 Å². The number of benzene rings is 1. The average Bonchev–Trinajstić information content (AvgIpc) is 2.57. The van der Waals surface area contributed by atoms with E-state index < -0.39 is 26.2 Å². The van der Waals surface area contributed by atoms with Crippen molar-refractivity contribution in [3.63, 3.8) is 0 Å². The fourth-order valence-electron chi connectivity index (χ4n) is 1.94. The average molecular weight is 338 g/mol. The van der Waals surface area contributed by atoms with Gasteiger partial charge in [-0.25, -0.2) is 13.1 Å². The molecule has 0 aliphatic heterocycles. The normalized spacial score (nSPS) is 18.9. The summed E-state index contributed by atoms with van der Waals surface area (Å²) in [4.78, 5) is 11.8. The minimum absolute atomic E-state index is 0.00994. The summed E-state index contributed by atoms with van der Waals surface area (Å²) in [6.45, 7) is 1.38. The molecule has 2 N–H and O–H groups in total. The highest BCUT2D eigenvalue weighted by molar-refractivity contribution is 7.89. The Morgan fingerprint density at radius 3 is 2.70 bits per heavy atom. The van der Waals surface area contributed by atoms with E-state index in [-0.39, 0.29) is 17.9 Å². The zero-order valence-electron chi connectivity index (χ0n) is 10.6. The third-order valence-corrected chi connectivity index (χ3v) is 4.98.